The van der Waals surface area contributed by atoms with Gasteiger partial charge in [-0.25, -0.2) is 9.78 Å². The first-order chi connectivity index (χ1) is 10.7. The van der Waals surface area contributed by atoms with Gasteiger partial charge in [0.15, 0.2) is 0 Å². The van der Waals surface area contributed by atoms with E-state index in [0.29, 0.717) is 12.5 Å². The number of aromatic nitrogens is 1. The highest BCUT2D eigenvalue weighted by Gasteiger charge is 2.21. The van der Waals surface area contributed by atoms with Crippen LogP contribution in [0.5, 0.6) is 5.88 Å². The highest BCUT2D eigenvalue weighted by molar-refractivity contribution is 5.81. The minimum atomic E-state index is -0.271. The fourth-order valence-corrected chi connectivity index (χ4v) is 2.76. The molecule has 1 aliphatic heterocycles. The van der Waals surface area contributed by atoms with E-state index in [9.17, 15) is 4.79 Å². The maximum Gasteiger partial charge on any atom is 0.330 e. The largest absolute Gasteiger partial charge is 0.481 e. The summed E-state index contributed by atoms with van der Waals surface area (Å²) in [7, 11) is 1.64. The predicted octanol–water partition coefficient (Wildman–Crippen LogP) is 2.56. The number of carbonyl (C=O) groups is 1. The standard InChI is InChI=1S/C17H24N2O3/c1-3-22-16(20)10-9-15-8-4-5-12-19(15)13-14-7-6-11-18-17(14)21-2/h6-7,9-11,15H,3-5,8,12-13H2,1-2H3/b10-9+. The molecule has 2 heterocycles. The molecule has 1 aliphatic rings. The monoisotopic (exact) mass is 304 g/mol. The normalized spacial score (nSPS) is 19.3. The van der Waals surface area contributed by atoms with Crippen molar-refractivity contribution in [3.8, 4) is 5.88 Å². The molecular formula is C17H24N2O3. The molecular weight excluding hydrogens is 280 g/mol. The zero-order valence-electron chi connectivity index (χ0n) is 13.3. The Balaban J connectivity index is 2.05. The van der Waals surface area contributed by atoms with Crippen LogP contribution in [0.3, 0.4) is 0 Å². The van der Waals surface area contributed by atoms with Gasteiger partial charge in [-0.2, -0.15) is 0 Å². The lowest BCUT2D eigenvalue weighted by Gasteiger charge is -2.34. The van der Waals surface area contributed by atoms with E-state index in [1.165, 1.54) is 12.8 Å². The zero-order chi connectivity index (χ0) is 15.8. The number of rotatable bonds is 6. The van der Waals surface area contributed by atoms with Crippen molar-refractivity contribution in [2.24, 2.45) is 0 Å². The molecule has 22 heavy (non-hydrogen) atoms. The molecule has 0 aromatic carbocycles. The minimum absolute atomic E-state index is 0.253. The lowest BCUT2D eigenvalue weighted by Crippen LogP contribution is -2.37. The molecule has 0 amide bonds. The molecule has 1 saturated heterocycles. The van der Waals surface area contributed by atoms with Crippen molar-refractivity contribution in [3.63, 3.8) is 0 Å². The summed E-state index contributed by atoms with van der Waals surface area (Å²) in [6.45, 7) is 4.00. The number of piperidine rings is 1. The van der Waals surface area contributed by atoms with Gasteiger partial charge in [0.25, 0.3) is 0 Å². The van der Waals surface area contributed by atoms with Gasteiger partial charge < -0.3 is 9.47 Å². The second kappa shape index (κ2) is 8.54. The summed E-state index contributed by atoms with van der Waals surface area (Å²) >= 11 is 0. The summed E-state index contributed by atoms with van der Waals surface area (Å²) in [4.78, 5) is 18.1. The summed E-state index contributed by atoms with van der Waals surface area (Å²) in [6.07, 6.45) is 8.65. The van der Waals surface area contributed by atoms with Gasteiger partial charge in [0.1, 0.15) is 0 Å². The smallest absolute Gasteiger partial charge is 0.330 e. The lowest BCUT2D eigenvalue weighted by molar-refractivity contribution is -0.137. The van der Waals surface area contributed by atoms with Crippen LogP contribution in [0.15, 0.2) is 30.5 Å². The molecule has 0 bridgehead atoms. The molecule has 0 saturated carbocycles. The Morgan fingerprint density at radius 2 is 2.36 bits per heavy atom. The molecule has 1 fully saturated rings. The van der Waals surface area contributed by atoms with Crippen molar-refractivity contribution < 1.29 is 14.3 Å². The maximum atomic E-state index is 11.5. The summed E-state index contributed by atoms with van der Waals surface area (Å²) in [5.41, 5.74) is 1.07. The Bertz CT molecular complexity index is 516. The maximum absolute atomic E-state index is 11.5. The van der Waals surface area contributed by atoms with Crippen LogP contribution in [-0.4, -0.2) is 42.2 Å². The van der Waals surface area contributed by atoms with Crippen molar-refractivity contribution in [2.75, 3.05) is 20.3 Å². The van der Waals surface area contributed by atoms with Crippen LogP contribution in [0.2, 0.25) is 0 Å². The second-order valence-electron chi connectivity index (χ2n) is 5.32. The van der Waals surface area contributed by atoms with Crippen LogP contribution in [0.4, 0.5) is 0 Å². The van der Waals surface area contributed by atoms with Gasteiger partial charge in [-0.3, -0.25) is 4.90 Å². The SMILES string of the molecule is CCOC(=O)/C=C/C1CCCCN1Cc1cccnc1OC. The molecule has 2 rings (SSSR count). The van der Waals surface area contributed by atoms with Crippen LogP contribution in [0, 0.1) is 0 Å². The molecule has 5 nitrogen and oxygen atoms in total. The quantitative estimate of drug-likeness (QED) is 0.597. The first-order valence-corrected chi connectivity index (χ1v) is 7.81. The molecule has 0 aliphatic carbocycles. The molecule has 1 aromatic heterocycles. The van der Waals surface area contributed by atoms with E-state index in [2.05, 4.69) is 9.88 Å². The van der Waals surface area contributed by atoms with Gasteiger partial charge in [-0.15, -0.1) is 0 Å². The molecule has 1 aromatic rings. The topological polar surface area (TPSA) is 51.7 Å². The number of carbonyl (C=O) groups excluding carboxylic acids is 1. The summed E-state index contributed by atoms with van der Waals surface area (Å²) in [5.74, 6) is 0.396. The van der Waals surface area contributed by atoms with E-state index in [1.807, 2.05) is 25.1 Å². The highest BCUT2D eigenvalue weighted by atomic mass is 16.5. The second-order valence-corrected chi connectivity index (χ2v) is 5.32. The average molecular weight is 304 g/mol. The predicted molar refractivity (Wildman–Crippen MR) is 84.6 cm³/mol. The van der Waals surface area contributed by atoms with E-state index in [1.54, 1.807) is 19.4 Å². The van der Waals surface area contributed by atoms with E-state index in [0.717, 1.165) is 25.1 Å². The summed E-state index contributed by atoms with van der Waals surface area (Å²) in [5, 5.41) is 0. The van der Waals surface area contributed by atoms with Gasteiger partial charge in [-0.1, -0.05) is 18.6 Å². The van der Waals surface area contributed by atoms with Gasteiger partial charge >= 0.3 is 5.97 Å². The van der Waals surface area contributed by atoms with Gasteiger partial charge in [0.05, 0.1) is 13.7 Å². The van der Waals surface area contributed by atoms with Crippen molar-refractivity contribution in [2.45, 2.75) is 38.8 Å². The van der Waals surface area contributed by atoms with Gasteiger partial charge in [0.2, 0.25) is 5.88 Å². The number of pyridine rings is 1. The van der Waals surface area contributed by atoms with Crippen LogP contribution in [0.25, 0.3) is 0 Å². The fraction of sp³-hybridized carbons (Fsp3) is 0.529. The number of ether oxygens (including phenoxy) is 2. The van der Waals surface area contributed by atoms with Gasteiger partial charge in [-0.05, 0) is 32.4 Å². The third kappa shape index (κ3) is 4.56. The lowest BCUT2D eigenvalue weighted by atomic mass is 10.0. The van der Waals surface area contributed by atoms with Crippen molar-refractivity contribution in [1.82, 2.24) is 9.88 Å². The number of likely N-dealkylation sites (tertiary alicyclic amines) is 1. The van der Waals surface area contributed by atoms with E-state index < -0.39 is 0 Å². The summed E-state index contributed by atoms with van der Waals surface area (Å²) < 4.78 is 10.3. The Morgan fingerprint density at radius 3 is 3.14 bits per heavy atom. The molecule has 1 atom stereocenters. The highest BCUT2D eigenvalue weighted by Crippen LogP contribution is 2.23. The third-order valence-corrected chi connectivity index (χ3v) is 3.82. The Kier molecular flexibility index (Phi) is 6.40. The van der Waals surface area contributed by atoms with E-state index >= 15 is 0 Å². The van der Waals surface area contributed by atoms with Crippen molar-refractivity contribution >= 4 is 5.97 Å². The van der Waals surface area contributed by atoms with E-state index in [4.69, 9.17) is 9.47 Å². The molecule has 1 unspecified atom stereocenters. The van der Waals surface area contributed by atoms with Crippen LogP contribution >= 0.6 is 0 Å². The average Bonchev–Trinajstić information content (AvgIpc) is 2.55. The molecule has 0 radical (unpaired) electrons. The van der Waals surface area contributed by atoms with Crippen molar-refractivity contribution in [1.29, 1.82) is 0 Å². The zero-order valence-corrected chi connectivity index (χ0v) is 13.3. The molecule has 0 N–H and O–H groups in total. The number of hydrogen-bond acceptors (Lipinski definition) is 5. The fourth-order valence-electron chi connectivity index (χ4n) is 2.76. The molecule has 5 heteroatoms. The van der Waals surface area contributed by atoms with Crippen LogP contribution in [0.1, 0.15) is 31.7 Å². The minimum Gasteiger partial charge on any atom is -0.481 e. The molecule has 120 valence electrons. The van der Waals surface area contributed by atoms with Crippen molar-refractivity contribution in [3.05, 3.63) is 36.0 Å². The number of methoxy groups -OCH3 is 1. The Labute approximate surface area is 131 Å². The first kappa shape index (κ1) is 16.5. The third-order valence-electron chi connectivity index (χ3n) is 3.82. The first-order valence-electron chi connectivity index (χ1n) is 7.81. The van der Waals surface area contributed by atoms with E-state index in [-0.39, 0.29) is 12.0 Å². The molecule has 0 spiro atoms. The van der Waals surface area contributed by atoms with Gasteiger partial charge in [0, 0.05) is 30.4 Å². The van der Waals surface area contributed by atoms with Crippen LogP contribution < -0.4 is 4.74 Å². The number of nitrogens with zero attached hydrogens (tertiary/aromatic N) is 2. The summed E-state index contributed by atoms with van der Waals surface area (Å²) in [6, 6.07) is 4.21. The Morgan fingerprint density at radius 1 is 1.50 bits per heavy atom. The Hall–Kier alpha value is -1.88. The number of esters is 1. The van der Waals surface area contributed by atoms with Crippen LogP contribution in [-0.2, 0) is 16.1 Å². The number of hydrogen-bond donors (Lipinski definition) is 0.